The van der Waals surface area contributed by atoms with E-state index in [-0.39, 0.29) is 6.09 Å². The van der Waals surface area contributed by atoms with Gasteiger partial charge in [0.05, 0.1) is 0 Å². The Kier molecular flexibility index (Phi) is 7.88. The molecule has 0 bridgehead atoms. The molecule has 1 heterocycles. The maximum absolute atomic E-state index is 12.0. The topological polar surface area (TPSA) is 41.6 Å². The first-order chi connectivity index (χ1) is 9.81. The second kappa shape index (κ2) is 8.89. The minimum absolute atomic E-state index is 0.173. The number of carbonyl (C=O) groups is 1. The van der Waals surface area contributed by atoms with E-state index < -0.39 is 5.60 Å². The maximum atomic E-state index is 12.0. The third kappa shape index (κ3) is 7.96. The average Bonchev–Trinajstić information content (AvgIpc) is 2.38. The average molecular weight is 317 g/mol. The van der Waals surface area contributed by atoms with Gasteiger partial charge in [0.25, 0.3) is 0 Å². The quantitative estimate of drug-likeness (QED) is 0.762. The van der Waals surface area contributed by atoms with E-state index in [4.69, 9.17) is 4.74 Å². The molecule has 1 unspecified atom stereocenters. The largest absolute Gasteiger partial charge is 0.444 e. The zero-order valence-electron chi connectivity index (χ0n) is 14.3. The number of rotatable bonds is 6. The maximum Gasteiger partial charge on any atom is 0.410 e. The Balaban J connectivity index is 2.24. The van der Waals surface area contributed by atoms with E-state index >= 15 is 0 Å². The lowest BCUT2D eigenvalue weighted by atomic mass is 10.0. The summed E-state index contributed by atoms with van der Waals surface area (Å²) in [6.45, 7) is 11.8. The van der Waals surface area contributed by atoms with E-state index in [1.54, 1.807) is 0 Å². The third-order valence-electron chi connectivity index (χ3n) is 3.57. The van der Waals surface area contributed by atoms with E-state index in [1.807, 2.05) is 37.4 Å². The van der Waals surface area contributed by atoms with Crippen molar-refractivity contribution < 1.29 is 9.53 Å². The van der Waals surface area contributed by atoms with Gasteiger partial charge < -0.3 is 15.0 Å². The fraction of sp³-hybridized carbons (Fsp3) is 0.938. The van der Waals surface area contributed by atoms with Gasteiger partial charge in [-0.05, 0) is 58.5 Å². The van der Waals surface area contributed by atoms with Crippen LogP contribution in [0.15, 0.2) is 0 Å². The van der Waals surface area contributed by atoms with Crippen molar-refractivity contribution in [3.05, 3.63) is 0 Å². The molecule has 1 aliphatic rings. The second-order valence-corrected chi connectivity index (χ2v) is 8.19. The molecule has 0 aliphatic carbocycles. The highest BCUT2D eigenvalue weighted by Gasteiger charge is 2.27. The van der Waals surface area contributed by atoms with Crippen LogP contribution in [0.25, 0.3) is 0 Å². The molecular weight excluding hydrogens is 284 g/mol. The van der Waals surface area contributed by atoms with Crippen LogP contribution in [0.4, 0.5) is 4.79 Å². The van der Waals surface area contributed by atoms with Crippen molar-refractivity contribution >= 4 is 17.9 Å². The molecule has 0 aromatic carbocycles. The van der Waals surface area contributed by atoms with Gasteiger partial charge in [0.15, 0.2) is 0 Å². The summed E-state index contributed by atoms with van der Waals surface area (Å²) in [4.78, 5) is 13.8. The number of thioether (sulfide) groups is 1. The zero-order valence-corrected chi connectivity index (χ0v) is 15.1. The van der Waals surface area contributed by atoms with Crippen molar-refractivity contribution in [2.24, 2.45) is 0 Å². The molecule has 1 fully saturated rings. The Hall–Kier alpha value is -0.420. The van der Waals surface area contributed by atoms with Crippen LogP contribution < -0.4 is 5.32 Å². The van der Waals surface area contributed by atoms with Crippen LogP contribution in [0.3, 0.4) is 0 Å². The Morgan fingerprint density at radius 2 is 2.00 bits per heavy atom. The first-order valence-electron chi connectivity index (χ1n) is 8.13. The van der Waals surface area contributed by atoms with Crippen LogP contribution in [0, 0.1) is 0 Å². The predicted octanol–water partition coefficient (Wildman–Crippen LogP) is 3.51. The van der Waals surface area contributed by atoms with Crippen LogP contribution in [-0.2, 0) is 4.74 Å². The lowest BCUT2D eigenvalue weighted by Crippen LogP contribution is -2.48. The number of hydrogen-bond acceptors (Lipinski definition) is 4. The number of likely N-dealkylation sites (tertiary alicyclic amines) is 1. The van der Waals surface area contributed by atoms with Crippen molar-refractivity contribution in [2.45, 2.75) is 71.6 Å². The Morgan fingerprint density at radius 3 is 2.52 bits per heavy atom. The van der Waals surface area contributed by atoms with E-state index in [9.17, 15) is 4.79 Å². The molecule has 4 nitrogen and oxygen atoms in total. The van der Waals surface area contributed by atoms with E-state index in [0.717, 1.165) is 25.9 Å². The summed E-state index contributed by atoms with van der Waals surface area (Å²) in [5, 5.41) is 3.69. The highest BCUT2D eigenvalue weighted by atomic mass is 32.2. The van der Waals surface area contributed by atoms with Crippen molar-refractivity contribution in [1.82, 2.24) is 10.2 Å². The van der Waals surface area contributed by atoms with Gasteiger partial charge >= 0.3 is 6.09 Å². The predicted molar refractivity (Wildman–Crippen MR) is 91.0 cm³/mol. The molecule has 124 valence electrons. The fourth-order valence-corrected chi connectivity index (χ4v) is 3.25. The standard InChI is InChI=1S/C16H32N2O2S/c1-6-21-12-9-13(2)17-14-7-10-18(11-8-14)15(19)20-16(3,4)5/h13-14,17H,6-12H2,1-5H3. The summed E-state index contributed by atoms with van der Waals surface area (Å²) in [6, 6.07) is 1.09. The highest BCUT2D eigenvalue weighted by molar-refractivity contribution is 7.99. The van der Waals surface area contributed by atoms with Crippen molar-refractivity contribution in [2.75, 3.05) is 24.6 Å². The van der Waals surface area contributed by atoms with Gasteiger partial charge in [-0.3, -0.25) is 0 Å². The minimum atomic E-state index is -0.405. The molecule has 21 heavy (non-hydrogen) atoms. The number of nitrogens with one attached hydrogen (secondary N) is 1. The molecule has 5 heteroatoms. The summed E-state index contributed by atoms with van der Waals surface area (Å²) < 4.78 is 5.42. The van der Waals surface area contributed by atoms with Crippen molar-refractivity contribution in [1.29, 1.82) is 0 Å². The lowest BCUT2D eigenvalue weighted by Gasteiger charge is -2.35. The van der Waals surface area contributed by atoms with Gasteiger partial charge in [-0.25, -0.2) is 4.79 Å². The highest BCUT2D eigenvalue weighted by Crippen LogP contribution is 2.16. The summed E-state index contributed by atoms with van der Waals surface area (Å²) in [6.07, 6.45) is 3.08. The van der Waals surface area contributed by atoms with Crippen LogP contribution >= 0.6 is 11.8 Å². The number of hydrogen-bond donors (Lipinski definition) is 1. The van der Waals surface area contributed by atoms with Gasteiger partial charge in [0, 0.05) is 25.2 Å². The molecule has 1 atom stereocenters. The molecule has 1 aliphatic heterocycles. The van der Waals surface area contributed by atoms with E-state index in [0.29, 0.717) is 12.1 Å². The van der Waals surface area contributed by atoms with Gasteiger partial charge in [-0.15, -0.1) is 0 Å². The van der Waals surface area contributed by atoms with Crippen LogP contribution in [0.1, 0.15) is 53.9 Å². The number of piperidine rings is 1. The smallest absolute Gasteiger partial charge is 0.410 e. The minimum Gasteiger partial charge on any atom is -0.444 e. The molecule has 1 rings (SSSR count). The van der Waals surface area contributed by atoms with E-state index in [1.165, 1.54) is 17.9 Å². The number of nitrogens with zero attached hydrogens (tertiary/aromatic N) is 1. The Labute approximate surface area is 134 Å². The molecule has 1 N–H and O–H groups in total. The molecule has 0 radical (unpaired) electrons. The SMILES string of the molecule is CCSCCC(C)NC1CCN(C(=O)OC(C)(C)C)CC1. The molecule has 0 spiro atoms. The Bertz CT molecular complexity index is 310. The lowest BCUT2D eigenvalue weighted by molar-refractivity contribution is 0.0196. The summed E-state index contributed by atoms with van der Waals surface area (Å²) in [5.41, 5.74) is -0.405. The Morgan fingerprint density at radius 1 is 1.38 bits per heavy atom. The number of carbonyl (C=O) groups excluding carboxylic acids is 1. The monoisotopic (exact) mass is 316 g/mol. The van der Waals surface area contributed by atoms with Crippen LogP contribution in [0.2, 0.25) is 0 Å². The van der Waals surface area contributed by atoms with Crippen molar-refractivity contribution in [3.8, 4) is 0 Å². The molecule has 0 aromatic heterocycles. The van der Waals surface area contributed by atoms with Gasteiger partial charge in [-0.1, -0.05) is 6.92 Å². The summed E-state index contributed by atoms with van der Waals surface area (Å²) in [7, 11) is 0. The molecular formula is C16H32N2O2S. The summed E-state index contributed by atoms with van der Waals surface area (Å²) in [5.74, 6) is 2.42. The van der Waals surface area contributed by atoms with Crippen LogP contribution in [-0.4, -0.2) is 53.3 Å². The van der Waals surface area contributed by atoms with Gasteiger partial charge in [0.2, 0.25) is 0 Å². The molecule has 0 aromatic rings. The fourth-order valence-electron chi connectivity index (χ4n) is 2.45. The summed E-state index contributed by atoms with van der Waals surface area (Å²) >= 11 is 2.00. The second-order valence-electron chi connectivity index (χ2n) is 6.79. The molecule has 0 saturated carbocycles. The molecule has 1 saturated heterocycles. The zero-order chi connectivity index (χ0) is 15.9. The van der Waals surface area contributed by atoms with Crippen molar-refractivity contribution in [3.63, 3.8) is 0 Å². The normalized spacial score (nSPS) is 18.6. The van der Waals surface area contributed by atoms with Gasteiger partial charge in [-0.2, -0.15) is 11.8 Å². The third-order valence-corrected chi connectivity index (χ3v) is 4.50. The number of ether oxygens (including phenoxy) is 1. The molecule has 1 amide bonds. The number of amides is 1. The van der Waals surface area contributed by atoms with E-state index in [2.05, 4.69) is 19.2 Å². The first kappa shape index (κ1) is 18.6. The first-order valence-corrected chi connectivity index (χ1v) is 9.29. The van der Waals surface area contributed by atoms with Crippen LogP contribution in [0.5, 0.6) is 0 Å². The van der Waals surface area contributed by atoms with Gasteiger partial charge in [0.1, 0.15) is 5.60 Å².